The molecule has 4 aromatic rings. The molecule has 5 heterocycles. The molecule has 8 nitrogen and oxygen atoms in total. The molecule has 1 saturated heterocycles. The van der Waals surface area contributed by atoms with Crippen LogP contribution in [0.5, 0.6) is 0 Å². The number of imidazole rings is 1. The Hall–Kier alpha value is -3.16. The van der Waals surface area contributed by atoms with E-state index in [0.29, 0.717) is 0 Å². The summed E-state index contributed by atoms with van der Waals surface area (Å²) in [5.41, 5.74) is 3.78. The summed E-state index contributed by atoms with van der Waals surface area (Å²) >= 11 is 0. The lowest BCUT2D eigenvalue weighted by molar-refractivity contribution is 0.628. The fraction of sp³-hybridized carbons (Fsp3) is 0.333. The van der Waals surface area contributed by atoms with Crippen LogP contribution in [0.3, 0.4) is 0 Å². The molecular formula is C18H20N8. The number of rotatable bonds is 2. The zero-order valence-electron chi connectivity index (χ0n) is 14.9. The summed E-state index contributed by atoms with van der Waals surface area (Å²) in [6, 6.07) is 8.20. The van der Waals surface area contributed by atoms with Crippen LogP contribution >= 0.6 is 0 Å². The Morgan fingerprint density at radius 2 is 1.65 bits per heavy atom. The van der Waals surface area contributed by atoms with Crippen LogP contribution in [0, 0.1) is 13.8 Å². The number of aryl methyl sites for hydroxylation is 2. The Labute approximate surface area is 150 Å². The SMILES string of the molecule is Cc1cc(N2CCN(c3ccc4nccn4n3)CC2)n2nc(C)cc2n1. The summed E-state index contributed by atoms with van der Waals surface area (Å²) in [4.78, 5) is 13.5. The van der Waals surface area contributed by atoms with Gasteiger partial charge in [0.1, 0.15) is 11.6 Å². The molecule has 1 aliphatic heterocycles. The summed E-state index contributed by atoms with van der Waals surface area (Å²) in [5.74, 6) is 2.10. The lowest BCUT2D eigenvalue weighted by atomic mass is 10.3. The molecular weight excluding hydrogens is 328 g/mol. The third-order valence-corrected chi connectivity index (χ3v) is 4.83. The number of hydrogen-bond donors (Lipinski definition) is 0. The Morgan fingerprint density at radius 1 is 0.846 bits per heavy atom. The molecule has 0 N–H and O–H groups in total. The van der Waals surface area contributed by atoms with Crippen molar-refractivity contribution in [2.75, 3.05) is 36.0 Å². The Morgan fingerprint density at radius 3 is 2.50 bits per heavy atom. The predicted octanol–water partition coefficient (Wildman–Crippen LogP) is 1.72. The highest BCUT2D eigenvalue weighted by molar-refractivity contribution is 5.53. The van der Waals surface area contributed by atoms with Gasteiger partial charge in [0.25, 0.3) is 0 Å². The van der Waals surface area contributed by atoms with Crippen LogP contribution in [0.15, 0.2) is 36.7 Å². The zero-order valence-corrected chi connectivity index (χ0v) is 14.9. The van der Waals surface area contributed by atoms with Gasteiger partial charge in [0.05, 0.1) is 5.69 Å². The summed E-state index contributed by atoms with van der Waals surface area (Å²) in [7, 11) is 0. The highest BCUT2D eigenvalue weighted by atomic mass is 15.4. The van der Waals surface area contributed by atoms with Gasteiger partial charge in [-0.15, -0.1) is 5.10 Å². The van der Waals surface area contributed by atoms with E-state index in [4.69, 9.17) is 0 Å². The van der Waals surface area contributed by atoms with Crippen molar-refractivity contribution in [1.29, 1.82) is 0 Å². The number of fused-ring (bicyclic) bond motifs is 2. The number of hydrogen-bond acceptors (Lipinski definition) is 6. The normalized spacial score (nSPS) is 15.3. The van der Waals surface area contributed by atoms with E-state index in [9.17, 15) is 0 Å². The lowest BCUT2D eigenvalue weighted by Crippen LogP contribution is -2.47. The minimum Gasteiger partial charge on any atom is -0.353 e. The maximum absolute atomic E-state index is 4.66. The quantitative estimate of drug-likeness (QED) is 0.549. The van der Waals surface area contributed by atoms with Gasteiger partial charge in [-0.1, -0.05) is 0 Å². The van der Waals surface area contributed by atoms with Gasteiger partial charge in [0.2, 0.25) is 0 Å². The summed E-state index contributed by atoms with van der Waals surface area (Å²) < 4.78 is 3.78. The second-order valence-corrected chi connectivity index (χ2v) is 6.71. The van der Waals surface area contributed by atoms with Crippen molar-refractivity contribution in [1.82, 2.24) is 29.2 Å². The van der Waals surface area contributed by atoms with E-state index in [1.54, 1.807) is 6.20 Å². The number of nitrogens with zero attached hydrogens (tertiary/aromatic N) is 8. The van der Waals surface area contributed by atoms with Crippen LogP contribution in [0.25, 0.3) is 11.3 Å². The molecule has 0 unspecified atom stereocenters. The largest absolute Gasteiger partial charge is 0.353 e. The van der Waals surface area contributed by atoms with Crippen molar-refractivity contribution >= 4 is 22.9 Å². The minimum absolute atomic E-state index is 0.871. The van der Waals surface area contributed by atoms with E-state index in [0.717, 1.165) is 60.5 Å². The standard InChI is InChI=1S/C18H20N8/c1-13-12-18(26-17(20-13)11-14(2)21-26)24-9-7-23(8-10-24)16-4-3-15-19-5-6-25(15)22-16/h3-6,11-12H,7-10H2,1-2H3. The van der Waals surface area contributed by atoms with Gasteiger partial charge >= 0.3 is 0 Å². The highest BCUT2D eigenvalue weighted by Crippen LogP contribution is 2.21. The third kappa shape index (κ3) is 2.45. The fourth-order valence-electron chi connectivity index (χ4n) is 3.56. The molecule has 132 valence electrons. The smallest absolute Gasteiger partial charge is 0.157 e. The Balaban J connectivity index is 1.40. The maximum Gasteiger partial charge on any atom is 0.157 e. The molecule has 0 amide bonds. The Kier molecular flexibility index (Phi) is 3.31. The minimum atomic E-state index is 0.871. The van der Waals surface area contributed by atoms with Crippen LogP contribution in [0.2, 0.25) is 0 Å². The van der Waals surface area contributed by atoms with Crippen LogP contribution in [-0.2, 0) is 0 Å². The first-order valence-corrected chi connectivity index (χ1v) is 8.82. The van der Waals surface area contributed by atoms with Crippen molar-refractivity contribution in [3.8, 4) is 0 Å². The summed E-state index contributed by atoms with van der Waals surface area (Å²) in [5, 5.41) is 9.27. The van der Waals surface area contributed by atoms with Crippen molar-refractivity contribution in [2.45, 2.75) is 13.8 Å². The van der Waals surface area contributed by atoms with Crippen molar-refractivity contribution in [2.24, 2.45) is 0 Å². The van der Waals surface area contributed by atoms with Crippen LogP contribution in [0.1, 0.15) is 11.4 Å². The van der Waals surface area contributed by atoms with Gasteiger partial charge in [-0.2, -0.15) is 9.61 Å². The fourth-order valence-corrected chi connectivity index (χ4v) is 3.56. The van der Waals surface area contributed by atoms with Gasteiger partial charge < -0.3 is 9.80 Å². The van der Waals surface area contributed by atoms with E-state index in [1.165, 1.54) is 0 Å². The topological polar surface area (TPSA) is 66.9 Å². The van der Waals surface area contributed by atoms with E-state index >= 15 is 0 Å². The van der Waals surface area contributed by atoms with Crippen molar-refractivity contribution in [3.05, 3.63) is 48.0 Å². The molecule has 0 bridgehead atoms. The molecule has 4 aromatic heterocycles. The second-order valence-electron chi connectivity index (χ2n) is 6.71. The first kappa shape index (κ1) is 15.1. The molecule has 26 heavy (non-hydrogen) atoms. The van der Waals surface area contributed by atoms with E-state index in [2.05, 4.69) is 36.0 Å². The molecule has 8 heteroatoms. The summed E-state index contributed by atoms with van der Waals surface area (Å²) in [6.45, 7) is 7.70. The van der Waals surface area contributed by atoms with E-state index in [1.807, 2.05) is 47.3 Å². The molecule has 0 aromatic carbocycles. The maximum atomic E-state index is 4.66. The summed E-state index contributed by atoms with van der Waals surface area (Å²) in [6.07, 6.45) is 3.65. The molecule has 0 radical (unpaired) electrons. The zero-order chi connectivity index (χ0) is 17.7. The molecule has 1 fully saturated rings. The molecule has 0 spiro atoms. The van der Waals surface area contributed by atoms with Crippen molar-refractivity contribution < 1.29 is 0 Å². The number of piperazine rings is 1. The molecule has 0 aliphatic carbocycles. The van der Waals surface area contributed by atoms with Crippen LogP contribution in [-0.4, -0.2) is 55.4 Å². The van der Waals surface area contributed by atoms with Crippen molar-refractivity contribution in [3.63, 3.8) is 0 Å². The van der Waals surface area contributed by atoms with E-state index in [-0.39, 0.29) is 0 Å². The van der Waals surface area contributed by atoms with Gasteiger partial charge in [0, 0.05) is 56.4 Å². The number of aromatic nitrogens is 6. The van der Waals surface area contributed by atoms with Gasteiger partial charge in [-0.3, -0.25) is 0 Å². The molecule has 0 atom stereocenters. The van der Waals surface area contributed by atoms with E-state index < -0.39 is 0 Å². The highest BCUT2D eigenvalue weighted by Gasteiger charge is 2.21. The molecule has 0 saturated carbocycles. The van der Waals surface area contributed by atoms with Crippen LogP contribution < -0.4 is 9.80 Å². The average Bonchev–Trinajstić information content (AvgIpc) is 3.26. The first-order valence-electron chi connectivity index (χ1n) is 8.82. The monoisotopic (exact) mass is 348 g/mol. The van der Waals surface area contributed by atoms with Gasteiger partial charge in [0.15, 0.2) is 11.3 Å². The number of anilines is 2. The second kappa shape index (κ2) is 5.69. The van der Waals surface area contributed by atoms with Gasteiger partial charge in [-0.05, 0) is 26.0 Å². The van der Waals surface area contributed by atoms with Gasteiger partial charge in [-0.25, -0.2) is 14.5 Å². The van der Waals surface area contributed by atoms with Crippen LogP contribution in [0.4, 0.5) is 11.6 Å². The lowest BCUT2D eigenvalue weighted by Gasteiger charge is -2.36. The molecule has 5 rings (SSSR count). The average molecular weight is 348 g/mol. The predicted molar refractivity (Wildman–Crippen MR) is 99.9 cm³/mol. The first-order chi connectivity index (χ1) is 12.7. The molecule has 1 aliphatic rings. The Bertz CT molecular complexity index is 1090. The third-order valence-electron chi connectivity index (χ3n) is 4.83.